The van der Waals surface area contributed by atoms with Crippen LogP contribution in [0.1, 0.15) is 32.4 Å². The number of carbonyl (C=O) groups excluding carboxylic acids is 1. The fourth-order valence-corrected chi connectivity index (χ4v) is 1.33. The van der Waals surface area contributed by atoms with Crippen LogP contribution >= 0.6 is 0 Å². The molecule has 0 radical (unpaired) electrons. The largest absolute Gasteiger partial charge is 0.479 e. The van der Waals surface area contributed by atoms with E-state index in [9.17, 15) is 14.3 Å². The summed E-state index contributed by atoms with van der Waals surface area (Å²) in [6.45, 7) is 4.63. The average molecular weight is 256 g/mol. The van der Waals surface area contributed by atoms with Crippen molar-refractivity contribution in [3.63, 3.8) is 0 Å². The fraction of sp³-hybridized carbons (Fsp3) is 0.462. The van der Waals surface area contributed by atoms with Crippen LogP contribution in [0.3, 0.4) is 0 Å². The van der Waals surface area contributed by atoms with Gasteiger partial charge in [-0.25, -0.2) is 9.18 Å². The maximum Gasteiger partial charge on any atom is 0.344 e. The second-order valence-corrected chi connectivity index (χ2v) is 4.19. The minimum absolute atomic E-state index is 0.0416. The molecule has 5 heteroatoms. The highest BCUT2D eigenvalue weighted by atomic mass is 19.1. The molecule has 1 atom stereocenters. The molecule has 18 heavy (non-hydrogen) atoms. The molecule has 0 aliphatic rings. The van der Waals surface area contributed by atoms with E-state index in [0.29, 0.717) is 5.56 Å². The molecule has 0 unspecified atom stereocenters. The highest BCUT2D eigenvalue weighted by Gasteiger charge is 2.11. The molecular formula is C13H17FO4. The molecule has 1 rings (SSSR count). The number of rotatable bonds is 5. The third-order valence-electron chi connectivity index (χ3n) is 2.15. The van der Waals surface area contributed by atoms with Crippen LogP contribution < -0.4 is 4.74 Å². The van der Waals surface area contributed by atoms with E-state index in [2.05, 4.69) is 0 Å². The van der Waals surface area contributed by atoms with Crippen molar-refractivity contribution in [2.75, 3.05) is 6.61 Å². The zero-order chi connectivity index (χ0) is 13.7. The number of carbonyl (C=O) groups is 1. The third-order valence-corrected chi connectivity index (χ3v) is 2.15. The van der Waals surface area contributed by atoms with Gasteiger partial charge in [-0.1, -0.05) is 6.07 Å². The normalized spacial score (nSPS) is 12.3. The quantitative estimate of drug-likeness (QED) is 0.821. The molecule has 0 aliphatic carbocycles. The van der Waals surface area contributed by atoms with Crippen LogP contribution in [0.4, 0.5) is 4.39 Å². The zero-order valence-corrected chi connectivity index (χ0v) is 10.6. The summed E-state index contributed by atoms with van der Waals surface area (Å²) in [5, 5.41) is 9.27. The van der Waals surface area contributed by atoms with Crippen molar-refractivity contribution in [3.05, 3.63) is 29.6 Å². The predicted octanol–water partition coefficient (Wildman–Crippen LogP) is 2.21. The van der Waals surface area contributed by atoms with Gasteiger partial charge in [-0.05, 0) is 38.5 Å². The standard InChI is InChI=1S/C13H17FO4/c1-8(2)18-13(16)7-17-12-5-4-10(9(3)15)6-11(12)14/h4-6,8-9,15H,7H2,1-3H3/t9-/m1/s1. The van der Waals surface area contributed by atoms with Crippen LogP contribution in [-0.4, -0.2) is 23.8 Å². The molecule has 0 spiro atoms. The first-order valence-electron chi connectivity index (χ1n) is 5.70. The summed E-state index contributed by atoms with van der Waals surface area (Å²) in [5.41, 5.74) is 0.449. The van der Waals surface area contributed by atoms with E-state index in [4.69, 9.17) is 9.47 Å². The lowest BCUT2D eigenvalue weighted by Crippen LogP contribution is -2.19. The molecule has 0 heterocycles. The molecule has 0 saturated heterocycles. The Balaban J connectivity index is 2.60. The molecule has 0 fully saturated rings. The van der Waals surface area contributed by atoms with Crippen molar-refractivity contribution in [3.8, 4) is 5.75 Å². The minimum atomic E-state index is -0.751. The number of halogens is 1. The van der Waals surface area contributed by atoms with Gasteiger partial charge in [-0.2, -0.15) is 0 Å². The number of aliphatic hydroxyl groups is 1. The number of ether oxygens (including phenoxy) is 2. The van der Waals surface area contributed by atoms with Gasteiger partial charge in [0, 0.05) is 0 Å². The first-order valence-corrected chi connectivity index (χ1v) is 5.70. The molecule has 1 N–H and O–H groups in total. The van der Waals surface area contributed by atoms with Crippen molar-refractivity contribution in [1.82, 2.24) is 0 Å². The average Bonchev–Trinajstić information content (AvgIpc) is 2.26. The second kappa shape index (κ2) is 6.35. The summed E-state index contributed by atoms with van der Waals surface area (Å²) in [5.74, 6) is -1.21. The van der Waals surface area contributed by atoms with E-state index in [0.717, 1.165) is 0 Å². The second-order valence-electron chi connectivity index (χ2n) is 4.19. The number of hydrogen-bond acceptors (Lipinski definition) is 4. The molecule has 1 aromatic carbocycles. The van der Waals surface area contributed by atoms with Crippen molar-refractivity contribution in [2.45, 2.75) is 33.0 Å². The summed E-state index contributed by atoms with van der Waals surface area (Å²) in [4.78, 5) is 11.2. The lowest BCUT2D eigenvalue weighted by Gasteiger charge is -2.11. The van der Waals surface area contributed by atoms with Gasteiger partial charge in [-0.15, -0.1) is 0 Å². The Bertz CT molecular complexity index is 415. The molecule has 1 aromatic rings. The number of aliphatic hydroxyl groups excluding tert-OH is 1. The zero-order valence-electron chi connectivity index (χ0n) is 10.6. The lowest BCUT2D eigenvalue weighted by molar-refractivity contribution is -0.149. The summed E-state index contributed by atoms with van der Waals surface area (Å²) in [6.07, 6.45) is -0.983. The lowest BCUT2D eigenvalue weighted by atomic mass is 10.1. The van der Waals surface area contributed by atoms with E-state index in [1.165, 1.54) is 25.1 Å². The Morgan fingerprint density at radius 2 is 2.06 bits per heavy atom. The van der Waals surface area contributed by atoms with Crippen molar-refractivity contribution >= 4 is 5.97 Å². The summed E-state index contributed by atoms with van der Waals surface area (Å²) in [7, 11) is 0. The Morgan fingerprint density at radius 1 is 1.39 bits per heavy atom. The Kier molecular flexibility index (Phi) is 5.09. The Hall–Kier alpha value is -1.62. The van der Waals surface area contributed by atoms with E-state index in [1.807, 2.05) is 0 Å². The Labute approximate surface area is 105 Å². The monoisotopic (exact) mass is 256 g/mol. The molecule has 0 bridgehead atoms. The van der Waals surface area contributed by atoms with Crippen LogP contribution in [0.25, 0.3) is 0 Å². The van der Waals surface area contributed by atoms with Crippen molar-refractivity contribution in [2.24, 2.45) is 0 Å². The van der Waals surface area contributed by atoms with E-state index < -0.39 is 17.9 Å². The van der Waals surface area contributed by atoms with Crippen LogP contribution in [0, 0.1) is 5.82 Å². The number of benzene rings is 1. The van der Waals surface area contributed by atoms with Gasteiger partial charge in [0.15, 0.2) is 18.2 Å². The number of esters is 1. The molecular weight excluding hydrogens is 239 g/mol. The molecule has 0 aliphatic heterocycles. The highest BCUT2D eigenvalue weighted by molar-refractivity contribution is 5.71. The molecule has 4 nitrogen and oxygen atoms in total. The smallest absolute Gasteiger partial charge is 0.344 e. The van der Waals surface area contributed by atoms with E-state index in [-0.39, 0.29) is 18.5 Å². The van der Waals surface area contributed by atoms with Gasteiger partial charge in [0.2, 0.25) is 0 Å². The van der Waals surface area contributed by atoms with Gasteiger partial charge in [0.05, 0.1) is 12.2 Å². The number of hydrogen-bond donors (Lipinski definition) is 1. The topological polar surface area (TPSA) is 55.8 Å². The van der Waals surface area contributed by atoms with Crippen molar-refractivity contribution in [1.29, 1.82) is 0 Å². The maximum absolute atomic E-state index is 13.5. The van der Waals surface area contributed by atoms with Crippen molar-refractivity contribution < 1.29 is 23.8 Å². The molecule has 0 amide bonds. The van der Waals surface area contributed by atoms with Crippen LogP contribution in [0.5, 0.6) is 5.75 Å². The van der Waals surface area contributed by atoms with Crippen LogP contribution in [0.15, 0.2) is 18.2 Å². The van der Waals surface area contributed by atoms with Gasteiger partial charge >= 0.3 is 5.97 Å². The van der Waals surface area contributed by atoms with E-state index >= 15 is 0 Å². The van der Waals surface area contributed by atoms with Gasteiger partial charge in [0.25, 0.3) is 0 Å². The maximum atomic E-state index is 13.5. The highest BCUT2D eigenvalue weighted by Crippen LogP contribution is 2.21. The predicted molar refractivity (Wildman–Crippen MR) is 63.8 cm³/mol. The summed E-state index contributed by atoms with van der Waals surface area (Å²) < 4.78 is 23.4. The first-order chi connectivity index (χ1) is 8.40. The fourth-order valence-electron chi connectivity index (χ4n) is 1.33. The van der Waals surface area contributed by atoms with E-state index in [1.54, 1.807) is 13.8 Å². The minimum Gasteiger partial charge on any atom is -0.479 e. The third kappa shape index (κ3) is 4.33. The van der Waals surface area contributed by atoms with Crippen LogP contribution in [-0.2, 0) is 9.53 Å². The molecule has 100 valence electrons. The van der Waals surface area contributed by atoms with Gasteiger partial charge in [0.1, 0.15) is 0 Å². The Morgan fingerprint density at radius 3 is 2.56 bits per heavy atom. The van der Waals surface area contributed by atoms with Crippen LogP contribution in [0.2, 0.25) is 0 Å². The van der Waals surface area contributed by atoms with Gasteiger partial charge in [-0.3, -0.25) is 0 Å². The first kappa shape index (κ1) is 14.4. The van der Waals surface area contributed by atoms with Gasteiger partial charge < -0.3 is 14.6 Å². The summed E-state index contributed by atoms with van der Waals surface area (Å²) in [6, 6.07) is 4.09. The SMILES string of the molecule is CC(C)OC(=O)COc1ccc([C@@H](C)O)cc1F. The molecule has 0 saturated carbocycles. The summed E-state index contributed by atoms with van der Waals surface area (Å²) >= 11 is 0. The molecule has 0 aromatic heterocycles.